The molecule has 0 saturated heterocycles. The van der Waals surface area contributed by atoms with Crippen molar-refractivity contribution >= 4 is 23.6 Å². The number of esters is 1. The zero-order chi connectivity index (χ0) is 22.4. The van der Waals surface area contributed by atoms with Gasteiger partial charge >= 0.3 is 12.1 Å². The van der Waals surface area contributed by atoms with Crippen molar-refractivity contribution in [3.05, 3.63) is 78.1 Å². The molecule has 0 saturated carbocycles. The molecule has 0 atom stereocenters. The number of halogens is 4. The summed E-state index contributed by atoms with van der Waals surface area (Å²) in [5, 5.41) is 6.09. The quantitative estimate of drug-likeness (QED) is 0.364. The largest absolute Gasteiger partial charge is 0.452 e. The van der Waals surface area contributed by atoms with Crippen molar-refractivity contribution in [2.45, 2.75) is 6.18 Å². The number of hydrogen-bond acceptors (Lipinski definition) is 5. The third-order valence-electron chi connectivity index (χ3n) is 3.91. The molecule has 1 heterocycles. The van der Waals surface area contributed by atoms with E-state index in [9.17, 15) is 27.2 Å². The van der Waals surface area contributed by atoms with Gasteiger partial charge in [-0.2, -0.15) is 18.3 Å². The molecule has 0 bridgehead atoms. The number of amides is 1. The van der Waals surface area contributed by atoms with Crippen molar-refractivity contribution in [2.75, 3.05) is 11.9 Å². The van der Waals surface area contributed by atoms with Crippen LogP contribution in [0.2, 0.25) is 0 Å². The predicted molar refractivity (Wildman–Crippen MR) is 101 cm³/mol. The van der Waals surface area contributed by atoms with Crippen LogP contribution in [0.5, 0.6) is 0 Å². The van der Waals surface area contributed by atoms with Crippen molar-refractivity contribution in [1.29, 1.82) is 0 Å². The Morgan fingerprint density at radius 3 is 2.61 bits per heavy atom. The average molecular weight is 434 g/mol. The van der Waals surface area contributed by atoms with E-state index >= 15 is 0 Å². The van der Waals surface area contributed by atoms with Gasteiger partial charge in [0.2, 0.25) is 0 Å². The molecule has 0 aliphatic carbocycles. The Bertz CT molecular complexity index is 1110. The molecule has 3 rings (SSSR count). The monoisotopic (exact) mass is 434 g/mol. The highest BCUT2D eigenvalue weighted by atomic mass is 19.4. The van der Waals surface area contributed by atoms with E-state index in [0.29, 0.717) is 0 Å². The van der Waals surface area contributed by atoms with Crippen LogP contribution < -0.4 is 5.32 Å². The van der Waals surface area contributed by atoms with E-state index in [4.69, 9.17) is 4.74 Å². The lowest BCUT2D eigenvalue weighted by Gasteiger charge is -2.14. The molecule has 11 heteroatoms. The molecule has 0 aliphatic heterocycles. The predicted octanol–water partition coefficient (Wildman–Crippen LogP) is 3.62. The summed E-state index contributed by atoms with van der Waals surface area (Å²) in [7, 11) is 0. The second-order valence-corrected chi connectivity index (χ2v) is 6.08. The second-order valence-electron chi connectivity index (χ2n) is 6.08. The molecular formula is C20H14F4N4O3. The number of aromatic nitrogens is 3. The van der Waals surface area contributed by atoms with Gasteiger partial charge in [0.25, 0.3) is 5.91 Å². The van der Waals surface area contributed by atoms with Crippen molar-refractivity contribution in [2.24, 2.45) is 0 Å². The number of carbonyl (C=O) groups excluding carboxylic acids is 2. The average Bonchev–Trinajstić information content (AvgIpc) is 3.25. The normalized spacial score (nSPS) is 11.5. The molecule has 3 aromatic rings. The first-order chi connectivity index (χ1) is 14.7. The summed E-state index contributed by atoms with van der Waals surface area (Å²) in [5.74, 6) is -2.36. The van der Waals surface area contributed by atoms with Crippen LogP contribution in [0.25, 0.3) is 11.8 Å². The van der Waals surface area contributed by atoms with Crippen LogP contribution in [0.3, 0.4) is 0 Å². The van der Waals surface area contributed by atoms with Crippen LogP contribution in [0.1, 0.15) is 11.1 Å². The van der Waals surface area contributed by atoms with Gasteiger partial charge in [-0.15, -0.1) is 0 Å². The molecule has 0 unspecified atom stereocenters. The van der Waals surface area contributed by atoms with E-state index < -0.39 is 36.0 Å². The Labute approximate surface area is 173 Å². The number of nitrogens with one attached hydrogen (secondary N) is 1. The van der Waals surface area contributed by atoms with E-state index in [2.05, 4.69) is 15.4 Å². The van der Waals surface area contributed by atoms with E-state index in [0.717, 1.165) is 24.3 Å². The van der Waals surface area contributed by atoms with Gasteiger partial charge in [-0.05, 0) is 30.3 Å². The van der Waals surface area contributed by atoms with E-state index in [1.165, 1.54) is 41.6 Å². The molecule has 31 heavy (non-hydrogen) atoms. The SMILES string of the molecule is O=C(COC(=O)/C=C/c1ccccc1F)Nc1cc(C(F)(F)F)ccc1-n1cncn1. The molecule has 1 aromatic heterocycles. The molecule has 2 aromatic carbocycles. The van der Waals surface area contributed by atoms with Crippen LogP contribution in [0.15, 0.2) is 61.2 Å². The number of ether oxygens (including phenoxy) is 1. The minimum Gasteiger partial charge on any atom is -0.452 e. The van der Waals surface area contributed by atoms with E-state index in [1.54, 1.807) is 6.07 Å². The summed E-state index contributed by atoms with van der Waals surface area (Å²) in [6, 6.07) is 8.39. The van der Waals surface area contributed by atoms with Gasteiger partial charge in [0.15, 0.2) is 6.61 Å². The fourth-order valence-corrected chi connectivity index (χ4v) is 2.48. The maximum Gasteiger partial charge on any atom is 0.416 e. The maximum absolute atomic E-state index is 13.5. The molecule has 0 radical (unpaired) electrons. The highest BCUT2D eigenvalue weighted by Gasteiger charge is 2.31. The Morgan fingerprint density at radius 1 is 1.16 bits per heavy atom. The van der Waals surface area contributed by atoms with Crippen LogP contribution in [0, 0.1) is 5.82 Å². The maximum atomic E-state index is 13.5. The molecule has 1 amide bonds. The highest BCUT2D eigenvalue weighted by molar-refractivity contribution is 5.96. The summed E-state index contributed by atoms with van der Waals surface area (Å²) in [6.45, 7) is -0.770. The van der Waals surface area contributed by atoms with E-state index in [1.807, 2.05) is 0 Å². The van der Waals surface area contributed by atoms with Gasteiger partial charge in [-0.25, -0.2) is 18.9 Å². The molecule has 7 nitrogen and oxygen atoms in total. The van der Waals surface area contributed by atoms with Gasteiger partial charge in [-0.1, -0.05) is 18.2 Å². The van der Waals surface area contributed by atoms with Crippen molar-refractivity contribution in [1.82, 2.24) is 14.8 Å². The van der Waals surface area contributed by atoms with Crippen LogP contribution in [0.4, 0.5) is 23.2 Å². The number of nitrogens with zero attached hydrogens (tertiary/aromatic N) is 3. The van der Waals surface area contributed by atoms with Crippen molar-refractivity contribution < 1.29 is 31.9 Å². The van der Waals surface area contributed by atoms with Gasteiger partial charge in [-0.3, -0.25) is 4.79 Å². The highest BCUT2D eigenvalue weighted by Crippen LogP contribution is 2.33. The Kier molecular flexibility index (Phi) is 6.43. The number of carbonyl (C=O) groups is 2. The Balaban J connectivity index is 1.68. The summed E-state index contributed by atoms with van der Waals surface area (Å²) in [4.78, 5) is 27.6. The molecule has 0 aliphatic rings. The lowest BCUT2D eigenvalue weighted by Crippen LogP contribution is -2.21. The lowest BCUT2D eigenvalue weighted by molar-refractivity contribution is -0.142. The van der Waals surface area contributed by atoms with E-state index in [-0.39, 0.29) is 16.9 Å². The van der Waals surface area contributed by atoms with Gasteiger partial charge in [0, 0.05) is 11.6 Å². The van der Waals surface area contributed by atoms with Crippen LogP contribution in [-0.2, 0) is 20.5 Å². The summed E-state index contributed by atoms with van der Waals surface area (Å²) in [5.41, 5.74) is -0.922. The van der Waals surface area contributed by atoms with Crippen LogP contribution >= 0.6 is 0 Å². The number of alkyl halides is 3. The number of anilines is 1. The zero-order valence-electron chi connectivity index (χ0n) is 15.6. The molecule has 1 N–H and O–H groups in total. The summed E-state index contributed by atoms with van der Waals surface area (Å²) >= 11 is 0. The first kappa shape index (κ1) is 21.7. The smallest absolute Gasteiger partial charge is 0.416 e. The number of rotatable bonds is 6. The fourth-order valence-electron chi connectivity index (χ4n) is 2.48. The molecule has 0 fully saturated rings. The first-order valence-corrected chi connectivity index (χ1v) is 8.69. The number of benzene rings is 2. The standard InChI is InChI=1S/C20H14F4N4O3/c21-15-4-2-1-3-13(15)5-8-19(30)31-10-18(29)27-16-9-14(20(22,23)24)6-7-17(16)28-12-25-11-26-28/h1-9,11-12H,10H2,(H,27,29)/b8-5+. The first-order valence-electron chi connectivity index (χ1n) is 8.69. The molecule has 160 valence electrons. The third kappa shape index (κ3) is 5.75. The topological polar surface area (TPSA) is 86.1 Å². The van der Waals surface area contributed by atoms with Gasteiger partial charge in [0.1, 0.15) is 18.5 Å². The van der Waals surface area contributed by atoms with Gasteiger partial charge in [0.05, 0.1) is 16.9 Å². The van der Waals surface area contributed by atoms with Gasteiger partial charge < -0.3 is 10.1 Å². The summed E-state index contributed by atoms with van der Waals surface area (Å²) in [6.07, 6.45) is -0.120. The van der Waals surface area contributed by atoms with Crippen LogP contribution in [-0.4, -0.2) is 33.2 Å². The zero-order valence-corrected chi connectivity index (χ0v) is 15.6. The minimum atomic E-state index is -4.63. The Morgan fingerprint density at radius 2 is 1.94 bits per heavy atom. The molecule has 0 spiro atoms. The summed E-state index contributed by atoms with van der Waals surface area (Å²) < 4.78 is 58.5. The Hall–Kier alpha value is -4.02. The number of hydrogen-bond donors (Lipinski definition) is 1. The fraction of sp³-hybridized carbons (Fsp3) is 0.100. The van der Waals surface area contributed by atoms with Crippen molar-refractivity contribution in [3.63, 3.8) is 0 Å². The second kappa shape index (κ2) is 9.20. The van der Waals surface area contributed by atoms with Crippen molar-refractivity contribution in [3.8, 4) is 5.69 Å². The third-order valence-corrected chi connectivity index (χ3v) is 3.91. The molecular weight excluding hydrogens is 420 g/mol. The minimum absolute atomic E-state index is 0.129. The lowest BCUT2D eigenvalue weighted by atomic mass is 10.1.